The zero-order valence-corrected chi connectivity index (χ0v) is 12.3. The molecule has 0 aliphatic carbocycles. The van der Waals surface area contributed by atoms with Crippen LogP contribution in [-0.4, -0.2) is 16.3 Å². The third kappa shape index (κ3) is 3.95. The zero-order valence-electron chi connectivity index (χ0n) is 11.5. The summed E-state index contributed by atoms with van der Waals surface area (Å²) in [5.41, 5.74) is 7.13. The number of amidine groups is 1. The molecule has 0 amide bonds. The quantitative estimate of drug-likeness (QED) is 0.288. The predicted molar refractivity (Wildman–Crippen MR) is 78.5 cm³/mol. The van der Waals surface area contributed by atoms with Crippen LogP contribution >= 0.6 is 11.8 Å². The minimum atomic E-state index is 0.0236. The number of rotatable bonds is 4. The van der Waals surface area contributed by atoms with Crippen LogP contribution in [0.2, 0.25) is 0 Å². The third-order valence-electron chi connectivity index (χ3n) is 2.81. The first kappa shape index (κ1) is 14.9. The molecule has 0 bridgehead atoms. The first-order valence-electron chi connectivity index (χ1n) is 6.13. The fourth-order valence-electron chi connectivity index (χ4n) is 1.62. The van der Waals surface area contributed by atoms with Crippen LogP contribution in [-0.2, 0) is 5.41 Å². The number of nitrogens with two attached hydrogens (primary N) is 1. The lowest BCUT2D eigenvalue weighted by atomic mass is 9.87. The summed E-state index contributed by atoms with van der Waals surface area (Å²) in [6, 6.07) is 8.47. The molecule has 0 spiro atoms. The van der Waals surface area contributed by atoms with Crippen LogP contribution < -0.4 is 5.73 Å². The van der Waals surface area contributed by atoms with Gasteiger partial charge in [-0.2, -0.15) is 0 Å². The number of hydrogen-bond donors (Lipinski definition) is 2. The summed E-state index contributed by atoms with van der Waals surface area (Å²) in [7, 11) is 0. The van der Waals surface area contributed by atoms with E-state index in [1.54, 1.807) is 11.8 Å². The van der Waals surface area contributed by atoms with Crippen LogP contribution in [0.1, 0.15) is 39.7 Å². The highest BCUT2D eigenvalue weighted by Crippen LogP contribution is 2.29. The summed E-state index contributed by atoms with van der Waals surface area (Å²) in [5.74, 6) is 0.280. The molecule has 3 N–H and O–H groups in total. The molecule has 1 atom stereocenters. The second-order valence-electron chi connectivity index (χ2n) is 5.31. The zero-order chi connectivity index (χ0) is 13.8. The summed E-state index contributed by atoms with van der Waals surface area (Å²) >= 11 is 1.62. The SMILES string of the molecule is CCC(Sc1ccc(C(C)(C)C)cc1)C(N)=NO. The fourth-order valence-corrected chi connectivity index (χ4v) is 2.57. The van der Waals surface area contributed by atoms with E-state index in [1.807, 2.05) is 6.92 Å². The second kappa shape index (κ2) is 6.14. The average Bonchev–Trinajstić information content (AvgIpc) is 2.34. The van der Waals surface area contributed by atoms with E-state index in [-0.39, 0.29) is 16.5 Å². The van der Waals surface area contributed by atoms with E-state index in [0.29, 0.717) is 0 Å². The van der Waals surface area contributed by atoms with E-state index in [4.69, 9.17) is 10.9 Å². The van der Waals surface area contributed by atoms with E-state index in [9.17, 15) is 0 Å². The lowest BCUT2D eigenvalue weighted by Crippen LogP contribution is -2.25. The Kier molecular flexibility index (Phi) is 5.08. The summed E-state index contributed by atoms with van der Waals surface area (Å²) in [6.45, 7) is 8.61. The number of oxime groups is 1. The molecule has 100 valence electrons. The monoisotopic (exact) mass is 266 g/mol. The van der Waals surface area contributed by atoms with Crippen LogP contribution in [0.5, 0.6) is 0 Å². The van der Waals surface area contributed by atoms with Crippen LogP contribution in [0.15, 0.2) is 34.3 Å². The number of nitrogens with zero attached hydrogens (tertiary/aromatic N) is 1. The van der Waals surface area contributed by atoms with E-state index >= 15 is 0 Å². The minimum Gasteiger partial charge on any atom is -0.409 e. The molecule has 0 heterocycles. The Labute approximate surface area is 113 Å². The molecule has 0 radical (unpaired) electrons. The maximum atomic E-state index is 8.71. The molecule has 18 heavy (non-hydrogen) atoms. The Balaban J connectivity index is 2.80. The van der Waals surface area contributed by atoms with Gasteiger partial charge >= 0.3 is 0 Å². The Hall–Kier alpha value is -1.16. The van der Waals surface area contributed by atoms with Gasteiger partial charge in [-0.05, 0) is 29.5 Å². The number of hydrogen-bond acceptors (Lipinski definition) is 3. The smallest absolute Gasteiger partial charge is 0.152 e. The molecule has 0 saturated heterocycles. The maximum absolute atomic E-state index is 8.71. The highest BCUT2D eigenvalue weighted by Gasteiger charge is 2.15. The normalized spacial score (nSPS) is 14.6. The molecule has 0 aliphatic heterocycles. The first-order chi connectivity index (χ1) is 8.38. The Bertz CT molecular complexity index is 407. The summed E-state index contributed by atoms with van der Waals surface area (Å²) in [6.07, 6.45) is 0.835. The van der Waals surface area contributed by atoms with Gasteiger partial charge in [-0.3, -0.25) is 0 Å². The van der Waals surface area contributed by atoms with E-state index < -0.39 is 0 Å². The van der Waals surface area contributed by atoms with Crippen molar-refractivity contribution in [3.63, 3.8) is 0 Å². The largest absolute Gasteiger partial charge is 0.409 e. The maximum Gasteiger partial charge on any atom is 0.152 e. The van der Waals surface area contributed by atoms with Crippen LogP contribution in [0, 0.1) is 0 Å². The fraction of sp³-hybridized carbons (Fsp3) is 0.500. The van der Waals surface area contributed by atoms with Crippen molar-refractivity contribution in [2.75, 3.05) is 0 Å². The van der Waals surface area contributed by atoms with Gasteiger partial charge in [-0.15, -0.1) is 11.8 Å². The molecule has 1 unspecified atom stereocenters. The van der Waals surface area contributed by atoms with Gasteiger partial charge < -0.3 is 10.9 Å². The molecule has 0 fully saturated rings. The summed E-state index contributed by atoms with van der Waals surface area (Å²) in [5, 5.41) is 11.8. The van der Waals surface area contributed by atoms with Crippen molar-refractivity contribution in [3.05, 3.63) is 29.8 Å². The molecular weight excluding hydrogens is 244 g/mol. The van der Waals surface area contributed by atoms with Crippen molar-refractivity contribution >= 4 is 17.6 Å². The Morgan fingerprint density at radius 3 is 2.28 bits per heavy atom. The van der Waals surface area contributed by atoms with Gasteiger partial charge in [0.05, 0.1) is 5.25 Å². The Morgan fingerprint density at radius 1 is 1.33 bits per heavy atom. The van der Waals surface area contributed by atoms with E-state index in [0.717, 1.165) is 11.3 Å². The van der Waals surface area contributed by atoms with Crippen LogP contribution in [0.3, 0.4) is 0 Å². The average molecular weight is 266 g/mol. The van der Waals surface area contributed by atoms with Crippen molar-refractivity contribution in [1.29, 1.82) is 0 Å². The molecular formula is C14H22N2OS. The highest BCUT2D eigenvalue weighted by molar-refractivity contribution is 8.00. The van der Waals surface area contributed by atoms with Gasteiger partial charge in [0.15, 0.2) is 5.84 Å². The number of benzene rings is 1. The highest BCUT2D eigenvalue weighted by atomic mass is 32.2. The standard InChI is InChI=1S/C14H22N2OS/c1-5-12(13(15)16-17)18-11-8-6-10(7-9-11)14(2,3)4/h6-9,12,17H,5H2,1-4H3,(H2,15,16). The topological polar surface area (TPSA) is 58.6 Å². The number of thioether (sulfide) groups is 1. The van der Waals surface area contributed by atoms with Crippen LogP contribution in [0.25, 0.3) is 0 Å². The molecule has 1 aromatic carbocycles. The lowest BCUT2D eigenvalue weighted by molar-refractivity contribution is 0.317. The third-order valence-corrected chi connectivity index (χ3v) is 4.22. The van der Waals surface area contributed by atoms with Gasteiger partial charge in [0.2, 0.25) is 0 Å². The van der Waals surface area contributed by atoms with Crippen LogP contribution in [0.4, 0.5) is 0 Å². The molecule has 0 aromatic heterocycles. The van der Waals surface area contributed by atoms with Gasteiger partial charge in [0.25, 0.3) is 0 Å². The van der Waals surface area contributed by atoms with Gasteiger partial charge in [0, 0.05) is 4.90 Å². The van der Waals surface area contributed by atoms with Crippen molar-refractivity contribution in [2.45, 2.75) is 49.7 Å². The lowest BCUT2D eigenvalue weighted by Gasteiger charge is -2.19. The van der Waals surface area contributed by atoms with Crippen molar-refractivity contribution in [2.24, 2.45) is 10.9 Å². The minimum absolute atomic E-state index is 0.0236. The van der Waals surface area contributed by atoms with Crippen molar-refractivity contribution < 1.29 is 5.21 Å². The summed E-state index contributed by atoms with van der Waals surface area (Å²) < 4.78 is 0. The molecule has 0 aliphatic rings. The predicted octanol–water partition coefficient (Wildman–Crippen LogP) is 3.60. The summed E-state index contributed by atoms with van der Waals surface area (Å²) in [4.78, 5) is 1.14. The van der Waals surface area contributed by atoms with Gasteiger partial charge in [-0.25, -0.2) is 0 Å². The second-order valence-corrected chi connectivity index (χ2v) is 6.59. The first-order valence-corrected chi connectivity index (χ1v) is 7.01. The Morgan fingerprint density at radius 2 is 1.89 bits per heavy atom. The van der Waals surface area contributed by atoms with E-state index in [2.05, 4.69) is 50.2 Å². The molecule has 4 heteroatoms. The molecule has 1 rings (SSSR count). The molecule has 1 aromatic rings. The van der Waals surface area contributed by atoms with E-state index in [1.165, 1.54) is 5.56 Å². The van der Waals surface area contributed by atoms with Crippen molar-refractivity contribution in [1.82, 2.24) is 0 Å². The molecule has 3 nitrogen and oxygen atoms in total. The van der Waals surface area contributed by atoms with Gasteiger partial charge in [0.1, 0.15) is 0 Å². The van der Waals surface area contributed by atoms with Gasteiger partial charge in [-0.1, -0.05) is 45.0 Å². The van der Waals surface area contributed by atoms with Crippen molar-refractivity contribution in [3.8, 4) is 0 Å². The molecule has 0 saturated carbocycles.